The number of carbonyl (C=O) groups is 2. The van der Waals surface area contributed by atoms with Gasteiger partial charge >= 0.3 is 0 Å². The zero-order chi connectivity index (χ0) is 14.3. The molecule has 20 heavy (non-hydrogen) atoms. The summed E-state index contributed by atoms with van der Waals surface area (Å²) in [7, 11) is 1.87. The highest BCUT2D eigenvalue weighted by atomic mass is 16.2. The van der Waals surface area contributed by atoms with Gasteiger partial charge in [0.25, 0.3) is 11.7 Å². The summed E-state index contributed by atoms with van der Waals surface area (Å²) in [5, 5.41) is 0. The lowest BCUT2D eigenvalue weighted by molar-refractivity contribution is -0.114. The number of aryl methyl sites for hydroxylation is 2. The quantitative estimate of drug-likeness (QED) is 0.797. The van der Waals surface area contributed by atoms with Crippen molar-refractivity contribution < 1.29 is 9.59 Å². The van der Waals surface area contributed by atoms with E-state index in [0.29, 0.717) is 17.8 Å². The molecule has 5 heteroatoms. The van der Waals surface area contributed by atoms with Crippen LogP contribution in [0.1, 0.15) is 28.7 Å². The largest absolute Gasteiger partial charge is 0.337 e. The summed E-state index contributed by atoms with van der Waals surface area (Å²) < 4.78 is 1.84. The molecule has 0 spiro atoms. The summed E-state index contributed by atoms with van der Waals surface area (Å²) in [6.45, 7) is 2.33. The number of Topliss-reactive ketones (excluding diaryl/α,β-unsaturated/α-hetero) is 1. The van der Waals surface area contributed by atoms with Crippen LogP contribution in [0.4, 0.5) is 5.69 Å². The van der Waals surface area contributed by atoms with Crippen LogP contribution in [0.2, 0.25) is 0 Å². The first-order valence-corrected chi connectivity index (χ1v) is 6.57. The van der Waals surface area contributed by atoms with Crippen LogP contribution < -0.4 is 4.90 Å². The highest BCUT2D eigenvalue weighted by Crippen LogP contribution is 2.31. The predicted octanol–water partition coefficient (Wildman–Crippen LogP) is 1.71. The molecule has 1 amide bonds. The summed E-state index contributed by atoms with van der Waals surface area (Å²) in [6.07, 6.45) is 4.34. The number of benzene rings is 1. The minimum atomic E-state index is -0.476. The molecule has 1 aliphatic rings. The van der Waals surface area contributed by atoms with E-state index in [1.807, 2.05) is 42.9 Å². The van der Waals surface area contributed by atoms with Crippen LogP contribution in [-0.2, 0) is 24.8 Å². The number of nitrogens with zero attached hydrogens (tertiary/aromatic N) is 3. The lowest BCUT2D eigenvalue weighted by atomic mass is 10.1. The smallest absolute Gasteiger partial charge is 0.299 e. The van der Waals surface area contributed by atoms with Gasteiger partial charge in [0, 0.05) is 19.4 Å². The Labute approximate surface area is 116 Å². The second-order valence-corrected chi connectivity index (χ2v) is 4.88. The van der Waals surface area contributed by atoms with Crippen molar-refractivity contribution in [2.75, 3.05) is 4.90 Å². The van der Waals surface area contributed by atoms with E-state index < -0.39 is 11.7 Å². The van der Waals surface area contributed by atoms with E-state index in [9.17, 15) is 9.59 Å². The number of rotatable bonds is 3. The molecule has 0 unspecified atom stereocenters. The third-order valence-corrected chi connectivity index (χ3v) is 3.66. The van der Waals surface area contributed by atoms with Crippen LogP contribution >= 0.6 is 0 Å². The molecule has 5 nitrogen and oxygen atoms in total. The van der Waals surface area contributed by atoms with Gasteiger partial charge in [-0.15, -0.1) is 0 Å². The average Bonchev–Trinajstić information content (AvgIpc) is 2.96. The number of aromatic nitrogens is 2. The van der Waals surface area contributed by atoms with Crippen molar-refractivity contribution in [2.24, 2.45) is 7.05 Å². The Morgan fingerprint density at radius 3 is 2.70 bits per heavy atom. The lowest BCUT2D eigenvalue weighted by Crippen LogP contribution is -2.30. The van der Waals surface area contributed by atoms with Gasteiger partial charge in [0.1, 0.15) is 5.82 Å². The molecule has 3 rings (SSSR count). The van der Waals surface area contributed by atoms with E-state index in [2.05, 4.69) is 4.98 Å². The zero-order valence-corrected chi connectivity index (χ0v) is 11.5. The van der Waals surface area contributed by atoms with Gasteiger partial charge in [-0.25, -0.2) is 4.98 Å². The second-order valence-electron chi connectivity index (χ2n) is 4.88. The number of fused-ring (bicyclic) bond motifs is 1. The third kappa shape index (κ3) is 1.82. The molecule has 1 aromatic carbocycles. The molecular weight excluding hydrogens is 254 g/mol. The van der Waals surface area contributed by atoms with Gasteiger partial charge < -0.3 is 4.57 Å². The Bertz CT molecular complexity index is 703. The molecule has 0 N–H and O–H groups in total. The first kappa shape index (κ1) is 12.6. The molecule has 2 heterocycles. The summed E-state index contributed by atoms with van der Waals surface area (Å²) in [6, 6.07) is 5.62. The maximum atomic E-state index is 12.1. The Morgan fingerprint density at radius 2 is 2.05 bits per heavy atom. The molecule has 0 saturated heterocycles. The lowest BCUT2D eigenvalue weighted by Gasteiger charge is -2.16. The zero-order valence-electron chi connectivity index (χ0n) is 11.5. The number of hydrogen-bond donors (Lipinski definition) is 0. The molecule has 0 bridgehead atoms. The molecule has 102 valence electrons. The summed E-state index contributed by atoms with van der Waals surface area (Å²) >= 11 is 0. The maximum absolute atomic E-state index is 12.1. The molecule has 0 saturated carbocycles. The molecule has 0 radical (unpaired) electrons. The number of amides is 1. The minimum Gasteiger partial charge on any atom is -0.337 e. The van der Waals surface area contributed by atoms with E-state index in [4.69, 9.17) is 0 Å². The van der Waals surface area contributed by atoms with Gasteiger partial charge in [-0.1, -0.05) is 13.0 Å². The fourth-order valence-electron chi connectivity index (χ4n) is 2.41. The van der Waals surface area contributed by atoms with Gasteiger partial charge in [0.15, 0.2) is 0 Å². The van der Waals surface area contributed by atoms with E-state index in [-0.39, 0.29) is 0 Å². The number of ketones is 1. The Balaban J connectivity index is 2.00. The van der Waals surface area contributed by atoms with Gasteiger partial charge in [-0.3, -0.25) is 14.5 Å². The molecular formula is C15H15N3O2. The normalized spacial score (nSPS) is 14.0. The molecule has 1 aromatic heterocycles. The van der Waals surface area contributed by atoms with Crippen molar-refractivity contribution in [1.29, 1.82) is 0 Å². The van der Waals surface area contributed by atoms with Crippen LogP contribution in [0.25, 0.3) is 0 Å². The van der Waals surface area contributed by atoms with E-state index >= 15 is 0 Å². The number of hydrogen-bond acceptors (Lipinski definition) is 3. The topological polar surface area (TPSA) is 55.2 Å². The van der Waals surface area contributed by atoms with E-state index in [1.165, 1.54) is 4.90 Å². The van der Waals surface area contributed by atoms with Crippen molar-refractivity contribution in [1.82, 2.24) is 9.55 Å². The van der Waals surface area contributed by atoms with Gasteiger partial charge in [0.2, 0.25) is 0 Å². The summed E-state index contributed by atoms with van der Waals surface area (Å²) in [4.78, 5) is 29.9. The second kappa shape index (κ2) is 4.59. The Hall–Kier alpha value is -2.43. The molecule has 1 aliphatic heterocycles. The fourth-order valence-corrected chi connectivity index (χ4v) is 2.41. The standard InChI is InChI=1S/C15H15N3O2/c1-3-10-4-5-12-11(8-10)14(19)15(20)18(12)9-13-16-6-7-17(13)2/h4-8H,3,9H2,1-2H3. The van der Waals surface area contributed by atoms with Crippen molar-refractivity contribution in [3.05, 3.63) is 47.5 Å². The minimum absolute atomic E-state index is 0.312. The van der Waals surface area contributed by atoms with Crippen molar-refractivity contribution in [2.45, 2.75) is 19.9 Å². The number of imidazole rings is 1. The highest BCUT2D eigenvalue weighted by Gasteiger charge is 2.36. The first-order valence-electron chi connectivity index (χ1n) is 6.57. The monoisotopic (exact) mass is 269 g/mol. The maximum Gasteiger partial charge on any atom is 0.299 e. The first-order chi connectivity index (χ1) is 9.61. The molecule has 0 aliphatic carbocycles. The van der Waals surface area contributed by atoms with Crippen LogP contribution in [0, 0.1) is 0 Å². The SMILES string of the molecule is CCc1ccc2c(c1)C(=O)C(=O)N2Cc1nccn1C. The van der Waals surface area contributed by atoms with Crippen molar-refractivity contribution >= 4 is 17.4 Å². The number of carbonyl (C=O) groups excluding carboxylic acids is 2. The number of anilines is 1. The summed E-state index contributed by atoms with van der Waals surface area (Å²) in [5.41, 5.74) is 2.24. The van der Waals surface area contributed by atoms with Gasteiger partial charge in [-0.2, -0.15) is 0 Å². The van der Waals surface area contributed by atoms with Crippen molar-refractivity contribution in [3.8, 4) is 0 Å². The fraction of sp³-hybridized carbons (Fsp3) is 0.267. The van der Waals surface area contributed by atoms with Crippen LogP contribution in [0.5, 0.6) is 0 Å². The summed E-state index contributed by atoms with van der Waals surface area (Å²) in [5.74, 6) is -0.153. The molecule has 0 fully saturated rings. The highest BCUT2D eigenvalue weighted by molar-refractivity contribution is 6.52. The van der Waals surface area contributed by atoms with E-state index in [0.717, 1.165) is 17.8 Å². The van der Waals surface area contributed by atoms with Gasteiger partial charge in [0.05, 0.1) is 17.8 Å². The Morgan fingerprint density at radius 1 is 1.25 bits per heavy atom. The third-order valence-electron chi connectivity index (χ3n) is 3.66. The molecule has 0 atom stereocenters. The molecule has 2 aromatic rings. The Kier molecular flexibility index (Phi) is 2.89. The average molecular weight is 269 g/mol. The van der Waals surface area contributed by atoms with Crippen LogP contribution in [-0.4, -0.2) is 21.2 Å². The van der Waals surface area contributed by atoms with Crippen LogP contribution in [0.3, 0.4) is 0 Å². The predicted molar refractivity (Wildman–Crippen MR) is 74.5 cm³/mol. The van der Waals surface area contributed by atoms with Gasteiger partial charge in [-0.05, 0) is 24.1 Å². The van der Waals surface area contributed by atoms with Crippen LogP contribution in [0.15, 0.2) is 30.6 Å². The van der Waals surface area contributed by atoms with E-state index in [1.54, 1.807) is 6.20 Å². The van der Waals surface area contributed by atoms with Crippen molar-refractivity contribution in [3.63, 3.8) is 0 Å².